The lowest BCUT2D eigenvalue weighted by Crippen LogP contribution is -2.49. The molecular formula is C25H37ClN6O6S. The number of likely N-dealkylation sites (tertiary alicyclic amines) is 2. The molecule has 0 saturated carbocycles. The van der Waals surface area contributed by atoms with Crippen LogP contribution in [-0.2, 0) is 19.6 Å². The van der Waals surface area contributed by atoms with E-state index in [-0.39, 0.29) is 53.5 Å². The van der Waals surface area contributed by atoms with Gasteiger partial charge in [-0.2, -0.15) is 0 Å². The molecule has 3 aliphatic rings. The summed E-state index contributed by atoms with van der Waals surface area (Å²) in [4.78, 5) is 41.6. The van der Waals surface area contributed by atoms with Gasteiger partial charge in [0.15, 0.2) is 5.96 Å². The van der Waals surface area contributed by atoms with Crippen LogP contribution in [-0.4, -0.2) is 96.4 Å². The minimum absolute atomic E-state index is 0. The Morgan fingerprint density at radius 1 is 1.00 bits per heavy atom. The van der Waals surface area contributed by atoms with Crippen molar-refractivity contribution in [2.24, 2.45) is 23.5 Å². The third kappa shape index (κ3) is 7.20. The largest absolute Gasteiger partial charge is 0.478 e. The average Bonchev–Trinajstić information content (AvgIpc) is 3.34. The van der Waals surface area contributed by atoms with Crippen molar-refractivity contribution < 1.29 is 27.9 Å². The van der Waals surface area contributed by atoms with E-state index in [2.05, 4.69) is 5.32 Å². The lowest BCUT2D eigenvalue weighted by molar-refractivity contribution is -0.141. The molecule has 2 amide bonds. The number of anilines is 1. The first-order chi connectivity index (χ1) is 17.9. The van der Waals surface area contributed by atoms with Crippen molar-refractivity contribution in [3.8, 4) is 0 Å². The molecule has 0 aromatic heterocycles. The van der Waals surface area contributed by atoms with E-state index in [9.17, 15) is 22.8 Å². The van der Waals surface area contributed by atoms with E-state index in [1.165, 1.54) is 34.8 Å². The minimum atomic E-state index is -3.25. The molecule has 0 unspecified atom stereocenters. The number of hydrogen-bond acceptors (Lipinski definition) is 6. The molecule has 216 valence electrons. The highest BCUT2D eigenvalue weighted by Gasteiger charge is 2.45. The fourth-order valence-electron chi connectivity index (χ4n) is 5.90. The Morgan fingerprint density at radius 2 is 1.59 bits per heavy atom. The summed E-state index contributed by atoms with van der Waals surface area (Å²) in [6, 6.07) is 5.20. The molecule has 0 aliphatic carbocycles. The van der Waals surface area contributed by atoms with Crippen LogP contribution in [0.5, 0.6) is 0 Å². The second-order valence-corrected chi connectivity index (χ2v) is 12.5. The van der Waals surface area contributed by atoms with Gasteiger partial charge in [-0.05, 0) is 68.2 Å². The molecule has 1 aromatic rings. The van der Waals surface area contributed by atoms with Crippen molar-refractivity contribution in [2.75, 3.05) is 44.3 Å². The molecule has 0 bridgehead atoms. The Kier molecular flexibility index (Phi) is 9.83. The maximum absolute atomic E-state index is 13.7. The van der Waals surface area contributed by atoms with Crippen molar-refractivity contribution in [3.63, 3.8) is 0 Å². The van der Waals surface area contributed by atoms with Gasteiger partial charge in [-0.1, -0.05) is 0 Å². The highest BCUT2D eigenvalue weighted by atomic mass is 35.5. The topological polar surface area (TPSA) is 177 Å². The number of hydrogen-bond donors (Lipinski definition) is 4. The molecule has 3 heterocycles. The fraction of sp³-hybridized carbons (Fsp3) is 0.600. The summed E-state index contributed by atoms with van der Waals surface area (Å²) in [5.74, 6) is -1.45. The summed E-state index contributed by atoms with van der Waals surface area (Å²) in [6.45, 7) is 2.33. The van der Waals surface area contributed by atoms with Crippen LogP contribution in [0, 0.1) is 23.2 Å². The van der Waals surface area contributed by atoms with Crippen LogP contribution in [0.3, 0.4) is 0 Å². The third-order valence-corrected chi connectivity index (χ3v) is 9.44. The number of nitrogens with zero attached hydrogens (tertiary/aromatic N) is 3. The molecule has 39 heavy (non-hydrogen) atoms. The number of aromatic carboxylic acids is 1. The highest BCUT2D eigenvalue weighted by molar-refractivity contribution is 7.88. The first-order valence-electron chi connectivity index (χ1n) is 12.9. The van der Waals surface area contributed by atoms with E-state index < -0.39 is 22.0 Å². The minimum Gasteiger partial charge on any atom is -0.478 e. The molecule has 2 atom stereocenters. The molecule has 0 radical (unpaired) electrons. The van der Waals surface area contributed by atoms with E-state index in [1.807, 2.05) is 0 Å². The lowest BCUT2D eigenvalue weighted by Gasteiger charge is -2.35. The molecule has 5 N–H and O–H groups in total. The van der Waals surface area contributed by atoms with Crippen LogP contribution < -0.4 is 11.1 Å². The highest BCUT2D eigenvalue weighted by Crippen LogP contribution is 2.37. The van der Waals surface area contributed by atoms with Gasteiger partial charge in [-0.15, -0.1) is 12.4 Å². The van der Waals surface area contributed by atoms with Gasteiger partial charge < -0.3 is 26.0 Å². The fourth-order valence-corrected chi connectivity index (χ4v) is 6.78. The zero-order chi connectivity index (χ0) is 27.6. The maximum Gasteiger partial charge on any atom is 0.335 e. The number of sulfonamides is 1. The van der Waals surface area contributed by atoms with E-state index in [0.717, 1.165) is 0 Å². The number of nitrogens with two attached hydrogens (primary N) is 1. The smallest absolute Gasteiger partial charge is 0.335 e. The number of nitrogens with one attached hydrogen (secondary N) is 2. The molecule has 3 saturated heterocycles. The predicted octanol–water partition coefficient (Wildman–Crippen LogP) is 1.24. The number of rotatable bonds is 6. The maximum atomic E-state index is 13.7. The van der Waals surface area contributed by atoms with Crippen LogP contribution in [0.4, 0.5) is 5.69 Å². The van der Waals surface area contributed by atoms with Crippen molar-refractivity contribution in [1.29, 1.82) is 5.41 Å². The Labute approximate surface area is 234 Å². The standard InChI is InChI=1S/C25H36N6O6S.ClH/c1-38(36,37)30-12-8-16(9-13-30)19-14-21(22(32)28-20-4-2-18(3-5-20)24(34)35)31(15-19)23(33)17-6-10-29(11-7-17)25(26)27;/h2-5,16-17,19,21H,6-15H2,1H3,(H3,26,27)(H,28,32)(H,34,35);1H/t19-,21-;/m0./s1. The second-order valence-electron chi connectivity index (χ2n) is 10.5. The molecule has 3 fully saturated rings. The Balaban J connectivity index is 0.00000420. The van der Waals surface area contributed by atoms with Crippen molar-refractivity contribution in [3.05, 3.63) is 29.8 Å². The number of halogens is 1. The quantitative estimate of drug-likeness (QED) is 0.285. The van der Waals surface area contributed by atoms with Crippen LogP contribution in [0.25, 0.3) is 0 Å². The summed E-state index contributed by atoms with van der Waals surface area (Å²) in [5.41, 5.74) is 6.16. The first-order valence-corrected chi connectivity index (χ1v) is 14.8. The normalized spacial score (nSPS) is 23.2. The van der Waals surface area contributed by atoms with Crippen molar-refractivity contribution in [1.82, 2.24) is 14.1 Å². The number of piperidine rings is 2. The molecule has 4 rings (SSSR count). The third-order valence-electron chi connectivity index (χ3n) is 8.14. The van der Waals surface area contributed by atoms with Crippen molar-refractivity contribution >= 4 is 51.9 Å². The summed E-state index contributed by atoms with van der Waals surface area (Å²) in [5, 5.41) is 19.6. The molecule has 3 aliphatic heterocycles. The zero-order valence-electron chi connectivity index (χ0n) is 21.9. The number of amides is 2. The number of carboxylic acid groups (broad SMARTS) is 1. The van der Waals surface area contributed by atoms with E-state index in [4.69, 9.17) is 16.2 Å². The van der Waals surface area contributed by atoms with Gasteiger partial charge >= 0.3 is 5.97 Å². The van der Waals surface area contributed by atoms with E-state index in [1.54, 1.807) is 9.80 Å². The average molecular weight is 585 g/mol. The van der Waals surface area contributed by atoms with Gasteiger partial charge in [-0.25, -0.2) is 17.5 Å². The summed E-state index contributed by atoms with van der Waals surface area (Å²) >= 11 is 0. The van der Waals surface area contributed by atoms with Crippen LogP contribution in [0.2, 0.25) is 0 Å². The molecule has 0 spiro atoms. The predicted molar refractivity (Wildman–Crippen MR) is 148 cm³/mol. The Hall–Kier alpha value is -2.90. The number of benzene rings is 1. The number of carboxylic acids is 1. The zero-order valence-corrected chi connectivity index (χ0v) is 23.5. The molecule has 14 heteroatoms. The van der Waals surface area contributed by atoms with Gasteiger partial charge in [0, 0.05) is 44.3 Å². The Morgan fingerprint density at radius 3 is 2.10 bits per heavy atom. The van der Waals surface area contributed by atoms with Gasteiger partial charge in [0.1, 0.15) is 6.04 Å². The summed E-state index contributed by atoms with van der Waals surface area (Å²) < 4.78 is 25.3. The van der Waals surface area contributed by atoms with Gasteiger partial charge in [0.05, 0.1) is 11.8 Å². The molecular weight excluding hydrogens is 548 g/mol. The SMILES string of the molecule is CS(=O)(=O)N1CCC([C@H]2C[C@@H](C(=O)Nc3ccc(C(=O)O)cc3)N(C(=O)C3CCN(C(=N)N)CC3)C2)CC1.Cl. The summed E-state index contributed by atoms with van der Waals surface area (Å²) in [7, 11) is -3.25. The van der Waals surface area contributed by atoms with Gasteiger partial charge in [-0.3, -0.25) is 15.0 Å². The lowest BCUT2D eigenvalue weighted by atomic mass is 9.83. The number of guanidine groups is 1. The van der Waals surface area contributed by atoms with E-state index in [0.29, 0.717) is 70.5 Å². The van der Waals surface area contributed by atoms with Crippen LogP contribution >= 0.6 is 12.4 Å². The monoisotopic (exact) mass is 584 g/mol. The molecule has 1 aromatic carbocycles. The van der Waals surface area contributed by atoms with Crippen molar-refractivity contribution in [2.45, 2.75) is 38.1 Å². The van der Waals surface area contributed by atoms with Crippen LogP contribution in [0.15, 0.2) is 24.3 Å². The Bertz CT molecular complexity index is 1180. The first kappa shape index (κ1) is 30.6. The van der Waals surface area contributed by atoms with E-state index >= 15 is 0 Å². The van der Waals surface area contributed by atoms with Gasteiger partial charge in [0.2, 0.25) is 21.8 Å². The second kappa shape index (κ2) is 12.5. The molecule has 12 nitrogen and oxygen atoms in total. The number of carbonyl (C=O) groups excluding carboxylic acids is 2. The van der Waals surface area contributed by atoms with Gasteiger partial charge in [0.25, 0.3) is 0 Å². The van der Waals surface area contributed by atoms with Crippen LogP contribution in [0.1, 0.15) is 42.5 Å². The summed E-state index contributed by atoms with van der Waals surface area (Å²) in [6.07, 6.45) is 4.17. The number of carbonyl (C=O) groups is 3.